The molecule has 4 nitrogen and oxygen atoms in total. The van der Waals surface area contributed by atoms with Crippen LogP contribution in [0.15, 0.2) is 36.4 Å². The van der Waals surface area contributed by atoms with Gasteiger partial charge in [0.15, 0.2) is 0 Å². The van der Waals surface area contributed by atoms with Crippen LogP contribution in [0.3, 0.4) is 0 Å². The van der Waals surface area contributed by atoms with Gasteiger partial charge in [0.2, 0.25) is 5.91 Å². The van der Waals surface area contributed by atoms with Crippen LogP contribution in [0.2, 0.25) is 0 Å². The number of rotatable bonds is 2. The predicted molar refractivity (Wildman–Crippen MR) is 78.3 cm³/mol. The van der Waals surface area contributed by atoms with Gasteiger partial charge in [-0.2, -0.15) is 0 Å². The Morgan fingerprint density at radius 3 is 2.45 bits per heavy atom. The van der Waals surface area contributed by atoms with E-state index in [0.717, 1.165) is 12.8 Å². The summed E-state index contributed by atoms with van der Waals surface area (Å²) in [6.45, 7) is 1.26. The Morgan fingerprint density at radius 2 is 1.73 bits per heavy atom. The molecule has 4 heteroatoms. The van der Waals surface area contributed by atoms with Gasteiger partial charge < -0.3 is 14.8 Å². The molecule has 2 bridgehead atoms. The number of amides is 1. The number of hydrogen-bond acceptors (Lipinski definition) is 3. The Hall–Kier alpha value is -2.10. The topological polar surface area (TPSA) is 60.4 Å². The highest BCUT2D eigenvalue weighted by molar-refractivity contribution is 5.86. The lowest BCUT2D eigenvalue weighted by molar-refractivity contribution is -0.313. The third-order valence-electron chi connectivity index (χ3n) is 5.46. The molecule has 1 aliphatic heterocycles. The van der Waals surface area contributed by atoms with Crippen molar-refractivity contribution >= 4 is 11.9 Å². The number of hydrogen-bond donors (Lipinski definition) is 0. The van der Waals surface area contributed by atoms with Crippen LogP contribution in [0.5, 0.6) is 0 Å². The Kier molecular flexibility index (Phi) is 3.06. The molecule has 3 aliphatic rings. The van der Waals surface area contributed by atoms with Crippen LogP contribution < -0.4 is 5.11 Å². The molecule has 22 heavy (non-hydrogen) atoms. The average molecular weight is 296 g/mol. The van der Waals surface area contributed by atoms with Crippen LogP contribution in [-0.4, -0.2) is 23.3 Å². The van der Waals surface area contributed by atoms with E-state index < -0.39 is 17.8 Å². The van der Waals surface area contributed by atoms with Crippen molar-refractivity contribution < 1.29 is 14.7 Å². The molecular weight excluding hydrogens is 278 g/mol. The zero-order valence-corrected chi connectivity index (χ0v) is 12.3. The van der Waals surface area contributed by atoms with E-state index >= 15 is 0 Å². The van der Waals surface area contributed by atoms with Crippen molar-refractivity contribution in [2.24, 2.45) is 23.7 Å². The molecule has 1 aromatic rings. The van der Waals surface area contributed by atoms with Gasteiger partial charge in [0.05, 0.1) is 5.92 Å². The van der Waals surface area contributed by atoms with E-state index in [4.69, 9.17) is 0 Å². The minimum Gasteiger partial charge on any atom is -0.550 e. The molecule has 0 N–H and O–H groups in total. The van der Waals surface area contributed by atoms with E-state index in [9.17, 15) is 14.7 Å². The zero-order valence-electron chi connectivity index (χ0n) is 12.3. The lowest BCUT2D eigenvalue weighted by Gasteiger charge is -2.35. The monoisotopic (exact) mass is 296 g/mol. The van der Waals surface area contributed by atoms with Crippen LogP contribution in [0.1, 0.15) is 17.5 Å². The number of aliphatic carboxylic acids is 1. The van der Waals surface area contributed by atoms with Crippen molar-refractivity contribution in [3.8, 4) is 0 Å². The second-order valence-corrected chi connectivity index (χ2v) is 6.60. The predicted octanol–water partition coefficient (Wildman–Crippen LogP) is 0.760. The van der Waals surface area contributed by atoms with Crippen LogP contribution in [0.25, 0.3) is 0 Å². The van der Waals surface area contributed by atoms with Gasteiger partial charge in [-0.3, -0.25) is 4.79 Å². The van der Waals surface area contributed by atoms with Crippen LogP contribution in [0.4, 0.5) is 0 Å². The minimum atomic E-state index is -1.08. The molecule has 4 rings (SSSR count). The van der Waals surface area contributed by atoms with Crippen molar-refractivity contribution in [2.45, 2.75) is 19.4 Å². The Morgan fingerprint density at radius 1 is 1.05 bits per heavy atom. The highest BCUT2D eigenvalue weighted by Gasteiger charge is 2.49. The van der Waals surface area contributed by atoms with Crippen LogP contribution in [-0.2, 0) is 22.6 Å². The van der Waals surface area contributed by atoms with Crippen LogP contribution >= 0.6 is 0 Å². The largest absolute Gasteiger partial charge is 0.550 e. The number of benzene rings is 1. The first-order chi connectivity index (χ1) is 10.6. The number of allylic oxidation sites excluding steroid dienone is 2. The van der Waals surface area contributed by atoms with Gasteiger partial charge in [0.25, 0.3) is 0 Å². The fourth-order valence-corrected chi connectivity index (χ4v) is 4.37. The fraction of sp³-hybridized carbons (Fsp3) is 0.444. The van der Waals surface area contributed by atoms with Crippen molar-refractivity contribution in [1.82, 2.24) is 4.90 Å². The van der Waals surface area contributed by atoms with Crippen molar-refractivity contribution in [3.63, 3.8) is 0 Å². The number of carbonyl (C=O) groups excluding carboxylic acids is 2. The third kappa shape index (κ3) is 1.97. The second kappa shape index (κ2) is 4.97. The molecule has 1 saturated carbocycles. The molecule has 1 aromatic carbocycles. The molecule has 1 amide bonds. The van der Waals surface area contributed by atoms with E-state index in [1.807, 2.05) is 35.3 Å². The number of carbonyl (C=O) groups is 2. The molecule has 4 atom stereocenters. The molecule has 0 aromatic heterocycles. The van der Waals surface area contributed by atoms with E-state index in [-0.39, 0.29) is 17.7 Å². The average Bonchev–Trinajstić information content (AvgIpc) is 3.14. The van der Waals surface area contributed by atoms with Crippen molar-refractivity contribution in [3.05, 3.63) is 47.5 Å². The fourth-order valence-electron chi connectivity index (χ4n) is 4.37. The van der Waals surface area contributed by atoms with E-state index in [2.05, 4.69) is 6.07 Å². The Labute approximate surface area is 129 Å². The van der Waals surface area contributed by atoms with Crippen LogP contribution in [0, 0.1) is 23.7 Å². The summed E-state index contributed by atoms with van der Waals surface area (Å²) in [7, 11) is 0. The van der Waals surface area contributed by atoms with Gasteiger partial charge in [0, 0.05) is 25.0 Å². The maximum Gasteiger partial charge on any atom is 0.227 e. The van der Waals surface area contributed by atoms with Crippen molar-refractivity contribution in [1.29, 1.82) is 0 Å². The quantitative estimate of drug-likeness (QED) is 0.757. The Balaban J connectivity index is 1.58. The molecule has 0 saturated heterocycles. The van der Waals surface area contributed by atoms with Gasteiger partial charge >= 0.3 is 0 Å². The lowest BCUT2D eigenvalue weighted by atomic mass is 9.81. The summed E-state index contributed by atoms with van der Waals surface area (Å²) in [6.07, 6.45) is 5.58. The van der Waals surface area contributed by atoms with Crippen molar-refractivity contribution in [2.75, 3.05) is 6.54 Å². The normalized spacial score (nSPS) is 32.1. The number of carboxylic acids is 1. The smallest absolute Gasteiger partial charge is 0.227 e. The summed E-state index contributed by atoms with van der Waals surface area (Å²) in [4.78, 5) is 26.2. The van der Waals surface area contributed by atoms with Gasteiger partial charge in [-0.05, 0) is 35.8 Å². The lowest BCUT2D eigenvalue weighted by Crippen LogP contribution is -2.47. The molecule has 114 valence electrons. The summed E-state index contributed by atoms with van der Waals surface area (Å²) in [5.74, 6) is -2.14. The second-order valence-electron chi connectivity index (χ2n) is 6.60. The number of carboxylic acid groups (broad SMARTS) is 1. The van der Waals surface area contributed by atoms with Gasteiger partial charge in [-0.1, -0.05) is 36.4 Å². The molecule has 1 fully saturated rings. The molecule has 0 spiro atoms. The first-order valence-corrected chi connectivity index (χ1v) is 7.90. The molecule has 2 aliphatic carbocycles. The van der Waals surface area contributed by atoms with E-state index in [1.165, 1.54) is 11.1 Å². The SMILES string of the molecule is O=C([O-])[C@@H]1[C@@H](C(=O)N2CCc3ccccc3C2)[C@@H]2C=C[C@@H]1C2. The Bertz CT molecular complexity index is 666. The molecule has 1 heterocycles. The maximum absolute atomic E-state index is 12.9. The third-order valence-corrected chi connectivity index (χ3v) is 5.46. The summed E-state index contributed by atoms with van der Waals surface area (Å²) in [5.41, 5.74) is 2.46. The molecule has 0 unspecified atom stereocenters. The summed E-state index contributed by atoms with van der Waals surface area (Å²) >= 11 is 0. The zero-order chi connectivity index (χ0) is 15.3. The minimum absolute atomic E-state index is 0.0134. The molecule has 0 radical (unpaired) electrons. The number of fused-ring (bicyclic) bond motifs is 3. The maximum atomic E-state index is 12.9. The van der Waals surface area contributed by atoms with Gasteiger partial charge in [0.1, 0.15) is 0 Å². The van der Waals surface area contributed by atoms with E-state index in [0.29, 0.717) is 13.1 Å². The first kappa shape index (κ1) is 13.6. The highest BCUT2D eigenvalue weighted by atomic mass is 16.4. The summed E-state index contributed by atoms with van der Waals surface area (Å²) in [5, 5.41) is 11.5. The van der Waals surface area contributed by atoms with Gasteiger partial charge in [-0.15, -0.1) is 0 Å². The summed E-state index contributed by atoms with van der Waals surface area (Å²) < 4.78 is 0. The summed E-state index contributed by atoms with van der Waals surface area (Å²) in [6, 6.07) is 8.15. The van der Waals surface area contributed by atoms with Gasteiger partial charge in [-0.25, -0.2) is 0 Å². The standard InChI is InChI=1S/C18H19NO3/c20-17(15-12-5-6-13(9-12)16(15)18(21)22)19-8-7-11-3-1-2-4-14(11)10-19/h1-6,12-13,15-16H,7-10H2,(H,21,22)/p-1/t12-,13-,15+,16+/m1/s1. The number of nitrogens with zero attached hydrogens (tertiary/aromatic N) is 1. The highest BCUT2D eigenvalue weighted by Crippen LogP contribution is 2.48. The molecular formula is C18H18NO3-. The first-order valence-electron chi connectivity index (χ1n) is 7.90. The van der Waals surface area contributed by atoms with E-state index in [1.54, 1.807) is 0 Å².